The molecule has 0 fully saturated rings. The number of benzene rings is 1. The fourth-order valence-electron chi connectivity index (χ4n) is 2.83. The summed E-state index contributed by atoms with van der Waals surface area (Å²) in [6.07, 6.45) is 8.47. The number of hydrogen-bond donors (Lipinski definition) is 3. The lowest BCUT2D eigenvalue weighted by atomic mass is 9.97. The van der Waals surface area contributed by atoms with Gasteiger partial charge in [0.05, 0.1) is 10.5 Å². The van der Waals surface area contributed by atoms with Crippen LogP contribution >= 0.6 is 0 Å². The van der Waals surface area contributed by atoms with Gasteiger partial charge in [0, 0.05) is 18.8 Å². The van der Waals surface area contributed by atoms with Crippen LogP contribution in [0.1, 0.15) is 55.8 Å². The van der Waals surface area contributed by atoms with Gasteiger partial charge in [-0.3, -0.25) is 0 Å². The molecule has 0 radical (unpaired) electrons. The van der Waals surface area contributed by atoms with Crippen LogP contribution in [0.5, 0.6) is 0 Å². The Morgan fingerprint density at radius 2 is 2.04 bits per heavy atom. The molecule has 0 aliphatic heterocycles. The minimum absolute atomic E-state index is 0.0288. The van der Waals surface area contributed by atoms with Gasteiger partial charge < -0.3 is 10.4 Å². The van der Waals surface area contributed by atoms with E-state index in [2.05, 4.69) is 16.1 Å². The van der Waals surface area contributed by atoms with Crippen molar-refractivity contribution in [3.63, 3.8) is 0 Å². The normalized spacial score (nSPS) is 14.8. The molecule has 0 heterocycles. The van der Waals surface area contributed by atoms with E-state index in [4.69, 9.17) is 0 Å². The highest BCUT2D eigenvalue weighted by molar-refractivity contribution is 7.89. The van der Waals surface area contributed by atoms with Crippen LogP contribution in [0, 0.1) is 0 Å². The van der Waals surface area contributed by atoms with E-state index in [-0.39, 0.29) is 10.5 Å². The number of carboxylic acid groups (broad SMARTS) is 1. The van der Waals surface area contributed by atoms with Crippen molar-refractivity contribution in [2.24, 2.45) is 0 Å². The number of anilines is 1. The Morgan fingerprint density at radius 1 is 1.24 bits per heavy atom. The van der Waals surface area contributed by atoms with Crippen LogP contribution in [-0.2, 0) is 10.0 Å². The lowest BCUT2D eigenvalue weighted by molar-refractivity contribution is 0.0697. The molecular weight excluding hydrogens is 340 g/mol. The van der Waals surface area contributed by atoms with Crippen molar-refractivity contribution in [2.45, 2.75) is 50.3 Å². The Balaban J connectivity index is 2.10. The number of carbonyl (C=O) groups is 1. The summed E-state index contributed by atoms with van der Waals surface area (Å²) in [7, 11) is -3.68. The number of nitrogens with one attached hydrogen (secondary N) is 2. The Labute approximate surface area is 149 Å². The molecule has 138 valence electrons. The summed E-state index contributed by atoms with van der Waals surface area (Å²) in [5.41, 5.74) is 1.81. The maximum absolute atomic E-state index is 12.2. The van der Waals surface area contributed by atoms with Crippen molar-refractivity contribution in [3.8, 4) is 0 Å². The van der Waals surface area contributed by atoms with E-state index in [9.17, 15) is 18.3 Å². The molecule has 25 heavy (non-hydrogen) atoms. The SMILES string of the molecule is CCCNS(=O)(=O)c1ccc(NCCC2=CCCCC2)c(C(=O)O)c1. The molecule has 1 aliphatic carbocycles. The molecule has 0 amide bonds. The van der Waals surface area contributed by atoms with E-state index in [1.807, 2.05) is 6.92 Å². The molecule has 0 aromatic heterocycles. The fourth-order valence-corrected chi connectivity index (χ4v) is 3.99. The van der Waals surface area contributed by atoms with Crippen LogP contribution in [0.25, 0.3) is 0 Å². The van der Waals surface area contributed by atoms with E-state index >= 15 is 0 Å². The van der Waals surface area contributed by atoms with Gasteiger partial charge in [-0.2, -0.15) is 0 Å². The molecule has 0 atom stereocenters. The molecule has 0 bridgehead atoms. The van der Waals surface area contributed by atoms with Crippen LogP contribution in [0.15, 0.2) is 34.7 Å². The Hall–Kier alpha value is -1.86. The van der Waals surface area contributed by atoms with Gasteiger partial charge in [-0.25, -0.2) is 17.9 Å². The van der Waals surface area contributed by atoms with Crippen molar-refractivity contribution >= 4 is 21.7 Å². The third-order valence-electron chi connectivity index (χ3n) is 4.22. The number of hydrogen-bond acceptors (Lipinski definition) is 4. The summed E-state index contributed by atoms with van der Waals surface area (Å²) in [6, 6.07) is 4.17. The van der Waals surface area contributed by atoms with Crippen LogP contribution in [0.3, 0.4) is 0 Å². The summed E-state index contributed by atoms with van der Waals surface area (Å²) in [5.74, 6) is -1.15. The first kappa shape index (κ1) is 19.5. The van der Waals surface area contributed by atoms with E-state index in [0.29, 0.717) is 25.2 Å². The first-order valence-corrected chi connectivity index (χ1v) is 10.2. The number of allylic oxidation sites excluding steroid dienone is 1. The van der Waals surface area contributed by atoms with Crippen molar-refractivity contribution in [2.75, 3.05) is 18.4 Å². The quantitative estimate of drug-likeness (QED) is 0.582. The molecule has 2 rings (SSSR count). The van der Waals surface area contributed by atoms with E-state index in [0.717, 1.165) is 19.3 Å². The second kappa shape index (κ2) is 9.01. The molecule has 6 nitrogen and oxygen atoms in total. The number of carboxylic acids is 1. The highest BCUT2D eigenvalue weighted by Crippen LogP contribution is 2.23. The van der Waals surface area contributed by atoms with Crippen LogP contribution < -0.4 is 10.0 Å². The average molecular weight is 366 g/mol. The van der Waals surface area contributed by atoms with Gasteiger partial charge in [0.1, 0.15) is 0 Å². The van der Waals surface area contributed by atoms with Crippen LogP contribution in [-0.4, -0.2) is 32.6 Å². The highest BCUT2D eigenvalue weighted by Gasteiger charge is 2.18. The van der Waals surface area contributed by atoms with Crippen molar-refractivity contribution in [3.05, 3.63) is 35.4 Å². The largest absolute Gasteiger partial charge is 0.478 e. The van der Waals surface area contributed by atoms with Crippen LogP contribution in [0.2, 0.25) is 0 Å². The number of sulfonamides is 1. The predicted molar refractivity (Wildman–Crippen MR) is 98.5 cm³/mol. The van der Waals surface area contributed by atoms with E-state index in [1.165, 1.54) is 36.6 Å². The van der Waals surface area contributed by atoms with Crippen molar-refractivity contribution in [1.29, 1.82) is 0 Å². The third kappa shape index (κ3) is 5.57. The Bertz CT molecular complexity index is 741. The molecule has 1 aliphatic rings. The Kier molecular flexibility index (Phi) is 7.01. The summed E-state index contributed by atoms with van der Waals surface area (Å²) in [6.45, 7) is 2.81. The monoisotopic (exact) mass is 366 g/mol. The second-order valence-electron chi connectivity index (χ2n) is 6.20. The maximum Gasteiger partial charge on any atom is 0.337 e. The van der Waals surface area contributed by atoms with Crippen molar-refractivity contribution < 1.29 is 18.3 Å². The van der Waals surface area contributed by atoms with Gasteiger partial charge in [-0.1, -0.05) is 18.6 Å². The fraction of sp³-hybridized carbons (Fsp3) is 0.500. The third-order valence-corrected chi connectivity index (χ3v) is 5.68. The van der Waals surface area contributed by atoms with Gasteiger partial charge in [-0.05, 0) is 56.7 Å². The van der Waals surface area contributed by atoms with E-state index in [1.54, 1.807) is 0 Å². The summed E-state index contributed by atoms with van der Waals surface area (Å²) in [4.78, 5) is 11.5. The minimum atomic E-state index is -3.68. The first-order valence-electron chi connectivity index (χ1n) is 8.73. The molecule has 0 saturated carbocycles. The van der Waals surface area contributed by atoms with Gasteiger partial charge in [0.25, 0.3) is 0 Å². The highest BCUT2D eigenvalue weighted by atomic mass is 32.2. The molecule has 7 heteroatoms. The molecule has 1 aromatic carbocycles. The molecule has 3 N–H and O–H groups in total. The van der Waals surface area contributed by atoms with Gasteiger partial charge >= 0.3 is 5.97 Å². The van der Waals surface area contributed by atoms with Gasteiger partial charge in [0.2, 0.25) is 10.0 Å². The number of rotatable bonds is 9. The predicted octanol–water partition coefficient (Wildman–Crippen LogP) is 3.38. The van der Waals surface area contributed by atoms with E-state index < -0.39 is 16.0 Å². The smallest absolute Gasteiger partial charge is 0.337 e. The van der Waals surface area contributed by atoms with Crippen molar-refractivity contribution in [1.82, 2.24) is 4.72 Å². The zero-order chi connectivity index (χ0) is 18.3. The minimum Gasteiger partial charge on any atom is -0.478 e. The van der Waals surface area contributed by atoms with Gasteiger partial charge in [0.15, 0.2) is 0 Å². The standard InChI is InChI=1S/C18H26N2O4S/c1-2-11-20-25(23,24)15-8-9-17(16(13-15)18(21)22)19-12-10-14-6-4-3-5-7-14/h6,8-9,13,19-20H,2-5,7,10-12H2,1H3,(H,21,22). The first-order chi connectivity index (χ1) is 11.9. The zero-order valence-corrected chi connectivity index (χ0v) is 15.4. The van der Waals surface area contributed by atoms with Crippen LogP contribution in [0.4, 0.5) is 5.69 Å². The van der Waals surface area contributed by atoms with Gasteiger partial charge in [-0.15, -0.1) is 0 Å². The summed E-state index contributed by atoms with van der Waals surface area (Å²) < 4.78 is 26.8. The lowest BCUT2D eigenvalue weighted by Gasteiger charge is -2.15. The molecule has 0 unspecified atom stereocenters. The topological polar surface area (TPSA) is 95.5 Å². The summed E-state index contributed by atoms with van der Waals surface area (Å²) in [5, 5.41) is 12.5. The maximum atomic E-state index is 12.2. The Morgan fingerprint density at radius 3 is 2.68 bits per heavy atom. The molecule has 1 aromatic rings. The second-order valence-corrected chi connectivity index (χ2v) is 7.96. The summed E-state index contributed by atoms with van der Waals surface area (Å²) >= 11 is 0. The molecule has 0 spiro atoms. The zero-order valence-electron chi connectivity index (χ0n) is 14.5. The number of aromatic carboxylic acids is 1. The lowest BCUT2D eigenvalue weighted by Crippen LogP contribution is -2.24. The molecule has 0 saturated heterocycles. The molecular formula is C18H26N2O4S. The average Bonchev–Trinajstić information content (AvgIpc) is 2.61.